The number of rotatable bonds is 15. The number of esters is 2. The summed E-state index contributed by atoms with van der Waals surface area (Å²) in [6.45, 7) is 6.24. The Balaban J connectivity index is 0. The first-order chi connectivity index (χ1) is 12.3. The molecule has 0 fully saturated rings. The van der Waals surface area contributed by atoms with Crippen molar-refractivity contribution in [1.29, 1.82) is 0 Å². The number of hydrogen-bond acceptors (Lipinski definition) is 7. The Kier molecular flexibility index (Phi) is 16.3. The van der Waals surface area contributed by atoms with Crippen molar-refractivity contribution in [3.05, 3.63) is 7.43 Å². The van der Waals surface area contributed by atoms with Gasteiger partial charge in [0, 0.05) is 7.43 Å². The molecular weight excluding hydrogens is 372 g/mol. The van der Waals surface area contributed by atoms with E-state index in [2.05, 4.69) is 0 Å². The summed E-state index contributed by atoms with van der Waals surface area (Å²) in [6.07, 6.45) is 6.42. The Morgan fingerprint density at radius 3 is 2.11 bits per heavy atom. The van der Waals surface area contributed by atoms with Gasteiger partial charge in [0.15, 0.2) is 5.25 Å². The number of carbonyl (C=O) groups is 2. The van der Waals surface area contributed by atoms with E-state index in [1.807, 2.05) is 20.8 Å². The van der Waals surface area contributed by atoms with Crippen molar-refractivity contribution in [2.24, 2.45) is 5.92 Å². The lowest BCUT2D eigenvalue weighted by atomic mass is 10.0. The molecule has 0 saturated heterocycles. The SMILES string of the molecule is CCCCCCOC(=O)CC(C(=O)OCC(CC)CCCC)S(=O)(=O)[O-].[CH3+]. The topological polar surface area (TPSA) is 110 Å². The van der Waals surface area contributed by atoms with Crippen molar-refractivity contribution in [2.75, 3.05) is 13.2 Å². The summed E-state index contributed by atoms with van der Waals surface area (Å²) >= 11 is 0. The number of carbonyl (C=O) groups excluding carboxylic acids is 2. The molecule has 0 heterocycles. The monoisotopic (exact) mass is 408 g/mol. The second-order valence-electron chi connectivity index (χ2n) is 6.51. The van der Waals surface area contributed by atoms with E-state index in [4.69, 9.17) is 9.47 Å². The van der Waals surface area contributed by atoms with Gasteiger partial charge in [-0.2, -0.15) is 0 Å². The largest absolute Gasteiger partial charge is 0.747 e. The number of unbranched alkanes of at least 4 members (excludes halogenated alkanes) is 4. The van der Waals surface area contributed by atoms with Gasteiger partial charge in [0.2, 0.25) is 0 Å². The van der Waals surface area contributed by atoms with Gasteiger partial charge in [-0.25, -0.2) is 8.42 Å². The summed E-state index contributed by atoms with van der Waals surface area (Å²) in [5.41, 5.74) is 0. The van der Waals surface area contributed by atoms with E-state index in [1.54, 1.807) is 0 Å². The maximum atomic E-state index is 12.0. The molecule has 0 aliphatic heterocycles. The zero-order chi connectivity index (χ0) is 20.0. The molecule has 7 nitrogen and oxygen atoms in total. The molecule has 0 aromatic heterocycles. The van der Waals surface area contributed by atoms with Crippen molar-refractivity contribution in [3.8, 4) is 0 Å². The van der Waals surface area contributed by atoms with Crippen LogP contribution in [-0.4, -0.2) is 43.4 Å². The Hall–Kier alpha value is -1.28. The van der Waals surface area contributed by atoms with Crippen molar-refractivity contribution < 1.29 is 32.0 Å². The van der Waals surface area contributed by atoms with Crippen LogP contribution in [0.25, 0.3) is 0 Å². The smallest absolute Gasteiger partial charge is 0.323 e. The Bertz CT molecular complexity index is 502. The molecule has 0 aromatic carbocycles. The highest BCUT2D eigenvalue weighted by molar-refractivity contribution is 7.87. The molecule has 2 unspecified atom stereocenters. The molecule has 160 valence electrons. The molecule has 0 bridgehead atoms. The number of hydrogen-bond donors (Lipinski definition) is 0. The average Bonchev–Trinajstić information content (AvgIpc) is 2.58. The number of ether oxygens (including phenoxy) is 2. The fraction of sp³-hybridized carbons (Fsp3) is 0.842. The standard InChI is InChI=1S/C18H34O7S.CH3/c1-4-7-9-10-12-24-17(19)13-16(26(21,22)23)18(20)25-14-15(6-3)11-8-5-2;/h15-16H,4-14H2,1-3H3,(H,21,22,23);1H3/q;+1/p-1. The minimum absolute atomic E-state index is 0. The minimum atomic E-state index is -5.00. The fourth-order valence-electron chi connectivity index (χ4n) is 2.42. The summed E-state index contributed by atoms with van der Waals surface area (Å²) < 4.78 is 44.0. The van der Waals surface area contributed by atoms with Crippen molar-refractivity contribution in [2.45, 2.75) is 83.8 Å². The van der Waals surface area contributed by atoms with Gasteiger partial charge in [0.05, 0.1) is 19.6 Å². The molecule has 0 aromatic rings. The normalized spacial score (nSPS) is 13.3. The van der Waals surface area contributed by atoms with E-state index in [1.165, 1.54) is 0 Å². The van der Waals surface area contributed by atoms with E-state index in [-0.39, 0.29) is 26.6 Å². The molecule has 0 N–H and O–H groups in total. The van der Waals surface area contributed by atoms with Gasteiger partial charge in [0.1, 0.15) is 10.1 Å². The second-order valence-corrected chi connectivity index (χ2v) is 8.07. The van der Waals surface area contributed by atoms with Crippen LogP contribution in [0.2, 0.25) is 0 Å². The van der Waals surface area contributed by atoms with E-state index in [0.717, 1.165) is 44.9 Å². The van der Waals surface area contributed by atoms with Gasteiger partial charge in [0.25, 0.3) is 0 Å². The van der Waals surface area contributed by atoms with Crippen LogP contribution in [-0.2, 0) is 29.2 Å². The molecule has 8 heteroatoms. The predicted molar refractivity (Wildman–Crippen MR) is 104 cm³/mol. The molecule has 0 amide bonds. The van der Waals surface area contributed by atoms with E-state index in [9.17, 15) is 22.6 Å². The second kappa shape index (κ2) is 15.7. The molecule has 0 spiro atoms. The fourth-order valence-corrected chi connectivity index (χ4v) is 3.06. The molecule has 0 radical (unpaired) electrons. The van der Waals surface area contributed by atoms with Crippen molar-refractivity contribution >= 4 is 22.1 Å². The lowest BCUT2D eigenvalue weighted by molar-refractivity contribution is -0.151. The highest BCUT2D eigenvalue weighted by atomic mass is 32.2. The first-order valence-corrected chi connectivity index (χ1v) is 11.0. The Labute approximate surface area is 164 Å². The average molecular weight is 409 g/mol. The molecule has 27 heavy (non-hydrogen) atoms. The van der Waals surface area contributed by atoms with E-state index in [0.29, 0.717) is 6.42 Å². The summed E-state index contributed by atoms with van der Waals surface area (Å²) in [6, 6.07) is 0. The lowest BCUT2D eigenvalue weighted by Gasteiger charge is -2.21. The maximum Gasteiger partial charge on any atom is 0.323 e. The van der Waals surface area contributed by atoms with Gasteiger partial charge in [-0.15, -0.1) is 0 Å². The third-order valence-corrected chi connectivity index (χ3v) is 5.28. The van der Waals surface area contributed by atoms with E-state index < -0.39 is 33.7 Å². The molecule has 0 rings (SSSR count). The van der Waals surface area contributed by atoms with Crippen LogP contribution in [0.1, 0.15) is 78.6 Å². The highest BCUT2D eigenvalue weighted by Crippen LogP contribution is 2.15. The Morgan fingerprint density at radius 1 is 0.963 bits per heavy atom. The maximum absolute atomic E-state index is 12.0. The minimum Gasteiger partial charge on any atom is -0.747 e. The summed E-state index contributed by atoms with van der Waals surface area (Å²) in [5.74, 6) is -1.93. The van der Waals surface area contributed by atoms with Crippen LogP contribution in [0.3, 0.4) is 0 Å². The molecule has 0 saturated carbocycles. The van der Waals surface area contributed by atoms with Gasteiger partial charge in [-0.1, -0.05) is 59.3 Å². The van der Waals surface area contributed by atoms with Crippen molar-refractivity contribution in [3.63, 3.8) is 0 Å². The molecule has 0 aliphatic carbocycles. The Morgan fingerprint density at radius 2 is 1.59 bits per heavy atom. The van der Waals surface area contributed by atoms with Gasteiger partial charge < -0.3 is 14.0 Å². The van der Waals surface area contributed by atoms with Crippen LogP contribution >= 0.6 is 0 Å². The van der Waals surface area contributed by atoms with Gasteiger partial charge in [-0.05, 0) is 18.8 Å². The first kappa shape index (κ1) is 27.9. The van der Waals surface area contributed by atoms with Gasteiger partial charge in [-0.3, -0.25) is 9.59 Å². The third kappa shape index (κ3) is 13.5. The van der Waals surface area contributed by atoms with Crippen LogP contribution in [0.15, 0.2) is 0 Å². The summed E-state index contributed by atoms with van der Waals surface area (Å²) in [5, 5.41) is -2.05. The van der Waals surface area contributed by atoms with Gasteiger partial charge >= 0.3 is 11.9 Å². The van der Waals surface area contributed by atoms with Crippen molar-refractivity contribution in [1.82, 2.24) is 0 Å². The van der Waals surface area contributed by atoms with Crippen LogP contribution < -0.4 is 0 Å². The lowest BCUT2D eigenvalue weighted by Crippen LogP contribution is -2.35. The van der Waals surface area contributed by atoms with Crippen LogP contribution in [0, 0.1) is 13.3 Å². The van der Waals surface area contributed by atoms with Crippen LogP contribution in [0.5, 0.6) is 0 Å². The highest BCUT2D eigenvalue weighted by Gasteiger charge is 2.31. The molecular formula is C19H36O7S. The zero-order valence-electron chi connectivity index (χ0n) is 17.2. The molecule has 0 aliphatic rings. The quantitative estimate of drug-likeness (QED) is 0.176. The third-order valence-electron chi connectivity index (χ3n) is 4.23. The first-order valence-electron chi connectivity index (χ1n) is 9.53. The predicted octanol–water partition coefficient (Wildman–Crippen LogP) is 3.62. The van der Waals surface area contributed by atoms with Crippen LogP contribution in [0.4, 0.5) is 0 Å². The van der Waals surface area contributed by atoms with E-state index >= 15 is 0 Å². The molecule has 2 atom stereocenters. The zero-order valence-corrected chi connectivity index (χ0v) is 18.0. The summed E-state index contributed by atoms with van der Waals surface area (Å²) in [7, 11) is -5.00. The summed E-state index contributed by atoms with van der Waals surface area (Å²) in [4.78, 5) is 23.8.